The van der Waals surface area contributed by atoms with Crippen LogP contribution in [-0.4, -0.2) is 60.7 Å². The van der Waals surface area contributed by atoms with Gasteiger partial charge in [-0.3, -0.25) is 0 Å². The molecule has 96 valence electrons. The molecular formula is C10H17BO6. The van der Waals surface area contributed by atoms with Gasteiger partial charge in [-0.15, -0.1) is 0 Å². The fraction of sp³-hybridized carbons (Fsp3) is 0.900. The quantitative estimate of drug-likeness (QED) is 0.505. The molecule has 1 aliphatic heterocycles. The number of carbonyl (C=O) groups excluding carboxylic acids is 1. The molecule has 0 amide bonds. The van der Waals surface area contributed by atoms with E-state index in [0.29, 0.717) is 0 Å². The second kappa shape index (κ2) is 5.24. The smallest absolute Gasteiger partial charge is 0.429 e. The van der Waals surface area contributed by atoms with Gasteiger partial charge >= 0.3 is 6.16 Å². The van der Waals surface area contributed by atoms with Gasteiger partial charge in [-0.2, -0.15) is 0 Å². The van der Waals surface area contributed by atoms with Gasteiger partial charge in [0.25, 0.3) is 0 Å². The Kier molecular flexibility index (Phi) is 4.40. The summed E-state index contributed by atoms with van der Waals surface area (Å²) >= 11 is 0. The van der Waals surface area contributed by atoms with E-state index in [1.165, 1.54) is 0 Å². The van der Waals surface area contributed by atoms with Crippen molar-refractivity contribution in [1.29, 1.82) is 0 Å². The van der Waals surface area contributed by atoms with Gasteiger partial charge in [0.15, 0.2) is 6.10 Å². The van der Waals surface area contributed by atoms with E-state index in [9.17, 15) is 9.90 Å². The van der Waals surface area contributed by atoms with Crippen LogP contribution in [0.5, 0.6) is 0 Å². The fourth-order valence-corrected chi connectivity index (χ4v) is 1.44. The van der Waals surface area contributed by atoms with Gasteiger partial charge in [-0.1, -0.05) is 0 Å². The molecule has 17 heavy (non-hydrogen) atoms. The van der Waals surface area contributed by atoms with E-state index in [4.69, 9.17) is 27.2 Å². The number of ether oxygens (including phenoxy) is 3. The Morgan fingerprint density at radius 1 is 1.47 bits per heavy atom. The van der Waals surface area contributed by atoms with Crippen molar-refractivity contribution in [3.05, 3.63) is 0 Å². The predicted molar refractivity (Wildman–Crippen MR) is 58.6 cm³/mol. The third-order valence-electron chi connectivity index (χ3n) is 2.17. The van der Waals surface area contributed by atoms with E-state index in [0.717, 1.165) is 0 Å². The van der Waals surface area contributed by atoms with Crippen LogP contribution in [0.25, 0.3) is 0 Å². The monoisotopic (exact) mass is 244 g/mol. The summed E-state index contributed by atoms with van der Waals surface area (Å²) < 4.78 is 14.8. The van der Waals surface area contributed by atoms with Gasteiger partial charge < -0.3 is 24.4 Å². The van der Waals surface area contributed by atoms with Crippen LogP contribution in [0.3, 0.4) is 0 Å². The van der Waals surface area contributed by atoms with Crippen LogP contribution in [0.15, 0.2) is 0 Å². The third kappa shape index (κ3) is 3.87. The van der Waals surface area contributed by atoms with Crippen molar-refractivity contribution in [1.82, 2.24) is 0 Å². The molecule has 1 aliphatic rings. The standard InChI is InChI=1S/C10H17BO6/c1-10(2,3)17-9(14)16-7-5(4-12)15-8(11)6(7)13/h5-8,12-13H,4H2,1-3H3/t5-,6+,7?,8-/m1/s1. The summed E-state index contributed by atoms with van der Waals surface area (Å²) in [6.45, 7) is 4.65. The summed E-state index contributed by atoms with van der Waals surface area (Å²) in [6.07, 6.45) is -3.98. The number of aliphatic hydroxyl groups is 2. The Balaban J connectivity index is 2.57. The molecule has 1 saturated heterocycles. The second-order valence-corrected chi connectivity index (χ2v) is 4.86. The molecule has 1 heterocycles. The van der Waals surface area contributed by atoms with Gasteiger partial charge in [0.1, 0.15) is 25.7 Å². The molecule has 0 saturated carbocycles. The highest BCUT2D eigenvalue weighted by Gasteiger charge is 2.44. The first-order valence-corrected chi connectivity index (χ1v) is 5.34. The SMILES string of the molecule is [B][C@@H]1O[C@H](CO)C(OC(=O)OC(C)(C)C)[C@@H]1O. The van der Waals surface area contributed by atoms with Crippen LogP contribution in [0.2, 0.25) is 0 Å². The molecule has 1 unspecified atom stereocenters. The Morgan fingerprint density at radius 3 is 2.53 bits per heavy atom. The van der Waals surface area contributed by atoms with Crippen molar-refractivity contribution in [3.8, 4) is 0 Å². The summed E-state index contributed by atoms with van der Waals surface area (Å²) in [5.74, 6) is 0. The molecule has 0 aromatic heterocycles. The van der Waals surface area contributed by atoms with Gasteiger partial charge in [0.2, 0.25) is 0 Å². The first-order chi connectivity index (χ1) is 7.74. The van der Waals surface area contributed by atoms with Crippen molar-refractivity contribution < 1.29 is 29.2 Å². The number of aliphatic hydroxyl groups excluding tert-OH is 2. The molecule has 7 heteroatoms. The van der Waals surface area contributed by atoms with Crippen LogP contribution in [0, 0.1) is 0 Å². The maximum Gasteiger partial charge on any atom is 0.509 e. The molecule has 2 radical (unpaired) electrons. The lowest BCUT2D eigenvalue weighted by molar-refractivity contribution is -0.0675. The van der Waals surface area contributed by atoms with E-state index in [2.05, 4.69) is 0 Å². The fourth-order valence-electron chi connectivity index (χ4n) is 1.44. The largest absolute Gasteiger partial charge is 0.509 e. The first kappa shape index (κ1) is 14.3. The lowest BCUT2D eigenvalue weighted by Gasteiger charge is -2.23. The average molecular weight is 244 g/mol. The Bertz CT molecular complexity index is 276. The number of hydrogen-bond acceptors (Lipinski definition) is 6. The molecule has 2 N–H and O–H groups in total. The third-order valence-corrected chi connectivity index (χ3v) is 2.17. The van der Waals surface area contributed by atoms with Crippen molar-refractivity contribution in [3.63, 3.8) is 0 Å². The molecule has 1 fully saturated rings. The summed E-state index contributed by atoms with van der Waals surface area (Å²) in [7, 11) is 5.42. The van der Waals surface area contributed by atoms with E-state index in [1.807, 2.05) is 0 Å². The summed E-state index contributed by atoms with van der Waals surface area (Å²) in [4.78, 5) is 11.4. The van der Waals surface area contributed by atoms with Crippen molar-refractivity contribution >= 4 is 14.0 Å². The lowest BCUT2D eigenvalue weighted by atomic mass is 9.93. The van der Waals surface area contributed by atoms with Gasteiger partial charge in [-0.05, 0) is 20.8 Å². The van der Waals surface area contributed by atoms with Crippen LogP contribution >= 0.6 is 0 Å². The van der Waals surface area contributed by atoms with E-state index in [-0.39, 0.29) is 0 Å². The van der Waals surface area contributed by atoms with Crippen molar-refractivity contribution in [2.24, 2.45) is 0 Å². The highest BCUT2D eigenvalue weighted by molar-refractivity contribution is 6.11. The summed E-state index contributed by atoms with van der Waals surface area (Å²) in [5.41, 5.74) is -0.696. The maximum absolute atomic E-state index is 11.4. The Labute approximate surface area is 101 Å². The Morgan fingerprint density at radius 2 is 2.06 bits per heavy atom. The predicted octanol–water partition coefficient (Wildman–Crippen LogP) is -0.447. The topological polar surface area (TPSA) is 85.2 Å². The lowest BCUT2D eigenvalue weighted by Crippen LogP contribution is -2.39. The molecule has 1 rings (SSSR count). The minimum Gasteiger partial charge on any atom is -0.429 e. The molecule has 0 bridgehead atoms. The van der Waals surface area contributed by atoms with E-state index < -0.39 is 42.7 Å². The van der Waals surface area contributed by atoms with Crippen LogP contribution in [0.4, 0.5) is 4.79 Å². The molecular weight excluding hydrogens is 227 g/mol. The maximum atomic E-state index is 11.4. The molecule has 0 spiro atoms. The number of carbonyl (C=O) groups is 1. The molecule has 0 aliphatic carbocycles. The summed E-state index contributed by atoms with van der Waals surface area (Å²) in [6, 6.07) is -0.986. The van der Waals surface area contributed by atoms with Gasteiger partial charge in [0.05, 0.1) is 6.61 Å². The zero-order valence-corrected chi connectivity index (χ0v) is 10.1. The van der Waals surface area contributed by atoms with Crippen molar-refractivity contribution in [2.75, 3.05) is 6.61 Å². The molecule has 4 atom stereocenters. The average Bonchev–Trinajstić information content (AvgIpc) is 2.42. The summed E-state index contributed by atoms with van der Waals surface area (Å²) in [5, 5.41) is 18.6. The highest BCUT2D eigenvalue weighted by atomic mass is 16.7. The zero-order chi connectivity index (χ0) is 13.2. The highest BCUT2D eigenvalue weighted by Crippen LogP contribution is 2.23. The second-order valence-electron chi connectivity index (χ2n) is 4.86. The van der Waals surface area contributed by atoms with Crippen LogP contribution in [0.1, 0.15) is 20.8 Å². The number of rotatable bonds is 2. The zero-order valence-electron chi connectivity index (χ0n) is 10.1. The molecule has 6 nitrogen and oxygen atoms in total. The Hall–Kier alpha value is -0.785. The van der Waals surface area contributed by atoms with Crippen molar-refractivity contribution in [2.45, 2.75) is 50.7 Å². The normalized spacial score (nSPS) is 33.5. The molecule has 0 aromatic carbocycles. The van der Waals surface area contributed by atoms with Gasteiger partial charge in [-0.25, -0.2) is 4.79 Å². The minimum absolute atomic E-state index is 0.405. The van der Waals surface area contributed by atoms with E-state index >= 15 is 0 Å². The molecule has 0 aromatic rings. The van der Waals surface area contributed by atoms with Crippen LogP contribution < -0.4 is 0 Å². The van der Waals surface area contributed by atoms with Gasteiger partial charge in [0, 0.05) is 6.00 Å². The minimum atomic E-state index is -1.18. The number of hydrogen-bond donors (Lipinski definition) is 2. The first-order valence-electron chi connectivity index (χ1n) is 5.34. The van der Waals surface area contributed by atoms with E-state index in [1.54, 1.807) is 20.8 Å². The van der Waals surface area contributed by atoms with Crippen LogP contribution in [-0.2, 0) is 14.2 Å².